The number of aromatic amines is 1. The van der Waals surface area contributed by atoms with Crippen molar-refractivity contribution >= 4 is 10.8 Å². The van der Waals surface area contributed by atoms with Crippen LogP contribution in [0.4, 0.5) is 0 Å². The predicted octanol–water partition coefficient (Wildman–Crippen LogP) is 2.96. The van der Waals surface area contributed by atoms with Crippen molar-refractivity contribution in [2.24, 2.45) is 0 Å². The van der Waals surface area contributed by atoms with Gasteiger partial charge >= 0.3 is 0 Å². The van der Waals surface area contributed by atoms with E-state index in [0.717, 1.165) is 5.82 Å². The molecule has 2 aromatic heterocycles. The molecule has 0 spiro atoms. The molecule has 3 rings (SSSR count). The smallest absolute Gasteiger partial charge is 0.122 e. The number of nitrogens with one attached hydrogen (secondary N) is 1. The van der Waals surface area contributed by atoms with Crippen LogP contribution in [0.1, 0.15) is 0 Å². The minimum atomic E-state index is 1.13. The molecule has 2 nitrogen and oxygen atoms in total. The van der Waals surface area contributed by atoms with E-state index >= 15 is 0 Å². The highest BCUT2D eigenvalue weighted by Gasteiger charge is 2.02. The number of H-pyrrole nitrogens is 1. The third-order valence-corrected chi connectivity index (χ3v) is 2.44. The fourth-order valence-electron chi connectivity index (χ4n) is 1.76. The third-order valence-electron chi connectivity index (χ3n) is 2.44. The molecule has 2 heterocycles. The van der Waals surface area contributed by atoms with Gasteiger partial charge in [-0.3, -0.25) is 0 Å². The predicted molar refractivity (Wildman–Crippen MR) is 57.6 cm³/mol. The van der Waals surface area contributed by atoms with E-state index in [4.69, 9.17) is 0 Å². The molecular formula is C12H10N2. The number of hydrogen-bond donors (Lipinski definition) is 1. The van der Waals surface area contributed by atoms with Crippen LogP contribution in [0.5, 0.6) is 0 Å². The minimum Gasteiger partial charge on any atom is -0.347 e. The first kappa shape index (κ1) is 7.44. The molecule has 0 aliphatic heterocycles. The average Bonchev–Trinajstić information content (AvgIpc) is 2.85. The van der Waals surface area contributed by atoms with Crippen molar-refractivity contribution < 1.29 is 0 Å². The van der Waals surface area contributed by atoms with Crippen molar-refractivity contribution in [1.82, 2.24) is 9.55 Å². The number of fused-ring (bicyclic) bond motifs is 1. The molecule has 0 saturated heterocycles. The number of aromatic nitrogens is 2. The molecule has 14 heavy (non-hydrogen) atoms. The van der Waals surface area contributed by atoms with E-state index in [9.17, 15) is 0 Å². The lowest BCUT2D eigenvalue weighted by Gasteiger charge is -1.99. The topological polar surface area (TPSA) is 20.7 Å². The maximum Gasteiger partial charge on any atom is 0.122 e. The molecule has 1 N–H and O–H groups in total. The highest BCUT2D eigenvalue weighted by atomic mass is 15.0. The van der Waals surface area contributed by atoms with Gasteiger partial charge in [-0.25, -0.2) is 0 Å². The lowest BCUT2D eigenvalue weighted by molar-refractivity contribution is 1.04. The van der Waals surface area contributed by atoms with Crippen molar-refractivity contribution in [3.8, 4) is 5.82 Å². The van der Waals surface area contributed by atoms with Gasteiger partial charge in [0.25, 0.3) is 0 Å². The molecule has 1 aromatic carbocycles. The van der Waals surface area contributed by atoms with Crippen LogP contribution in [0.25, 0.3) is 16.6 Å². The summed E-state index contributed by atoms with van der Waals surface area (Å²) in [6, 6.07) is 12.4. The first-order valence-corrected chi connectivity index (χ1v) is 4.64. The summed E-state index contributed by atoms with van der Waals surface area (Å²) in [6.07, 6.45) is 6.11. The molecule has 0 unspecified atom stereocenters. The summed E-state index contributed by atoms with van der Waals surface area (Å²) in [6.45, 7) is 0. The minimum absolute atomic E-state index is 1.13. The van der Waals surface area contributed by atoms with Gasteiger partial charge in [-0.05, 0) is 12.1 Å². The van der Waals surface area contributed by atoms with Crippen LogP contribution in [0.3, 0.4) is 0 Å². The Balaban J connectivity index is 2.33. The van der Waals surface area contributed by atoms with E-state index in [1.807, 2.05) is 30.7 Å². The van der Waals surface area contributed by atoms with E-state index in [0.29, 0.717) is 0 Å². The van der Waals surface area contributed by atoms with E-state index in [1.165, 1.54) is 10.8 Å². The van der Waals surface area contributed by atoms with Crippen LogP contribution >= 0.6 is 0 Å². The summed E-state index contributed by atoms with van der Waals surface area (Å²) in [5.74, 6) is 1.13. The number of hydrogen-bond acceptors (Lipinski definition) is 0. The zero-order valence-corrected chi connectivity index (χ0v) is 7.64. The summed E-state index contributed by atoms with van der Waals surface area (Å²) in [5, 5.41) is 2.50. The van der Waals surface area contributed by atoms with Crippen molar-refractivity contribution in [2.45, 2.75) is 0 Å². The van der Waals surface area contributed by atoms with Crippen LogP contribution in [0, 0.1) is 0 Å². The first-order valence-electron chi connectivity index (χ1n) is 4.64. The quantitative estimate of drug-likeness (QED) is 0.597. The van der Waals surface area contributed by atoms with Gasteiger partial charge in [0.1, 0.15) is 5.82 Å². The van der Waals surface area contributed by atoms with Crippen molar-refractivity contribution in [3.05, 3.63) is 55.0 Å². The molecule has 0 aliphatic rings. The average molecular weight is 182 g/mol. The van der Waals surface area contributed by atoms with Gasteiger partial charge in [0.05, 0.1) is 0 Å². The molecular weight excluding hydrogens is 172 g/mol. The molecule has 0 fully saturated rings. The van der Waals surface area contributed by atoms with Gasteiger partial charge in [-0.1, -0.05) is 24.3 Å². The summed E-state index contributed by atoms with van der Waals surface area (Å²) in [4.78, 5) is 3.28. The Kier molecular flexibility index (Phi) is 1.47. The molecule has 0 radical (unpaired) electrons. The van der Waals surface area contributed by atoms with Crippen LogP contribution in [0.15, 0.2) is 55.0 Å². The highest BCUT2D eigenvalue weighted by molar-refractivity contribution is 5.89. The zero-order chi connectivity index (χ0) is 9.38. The summed E-state index contributed by atoms with van der Waals surface area (Å²) >= 11 is 0. The van der Waals surface area contributed by atoms with Crippen molar-refractivity contribution in [1.29, 1.82) is 0 Å². The molecule has 0 bridgehead atoms. The SMILES string of the molecule is c1ccc2c(-n3cccc3)[nH]cc2c1. The van der Waals surface area contributed by atoms with Crippen LogP contribution in [0.2, 0.25) is 0 Å². The van der Waals surface area contributed by atoms with Crippen molar-refractivity contribution in [3.63, 3.8) is 0 Å². The van der Waals surface area contributed by atoms with E-state index in [-0.39, 0.29) is 0 Å². The van der Waals surface area contributed by atoms with Gasteiger partial charge in [-0.15, -0.1) is 0 Å². The number of benzene rings is 1. The summed E-state index contributed by atoms with van der Waals surface area (Å²) < 4.78 is 2.09. The summed E-state index contributed by atoms with van der Waals surface area (Å²) in [5.41, 5.74) is 0. The Morgan fingerprint density at radius 3 is 2.57 bits per heavy atom. The van der Waals surface area contributed by atoms with Gasteiger partial charge in [0.15, 0.2) is 0 Å². The van der Waals surface area contributed by atoms with Crippen LogP contribution < -0.4 is 0 Å². The number of rotatable bonds is 1. The molecule has 0 saturated carbocycles. The van der Waals surface area contributed by atoms with Crippen molar-refractivity contribution in [2.75, 3.05) is 0 Å². The van der Waals surface area contributed by atoms with Gasteiger partial charge < -0.3 is 9.55 Å². The van der Waals surface area contributed by atoms with E-state index in [2.05, 4.69) is 33.8 Å². The molecule has 68 valence electrons. The molecule has 0 amide bonds. The molecule has 2 heteroatoms. The molecule has 0 aliphatic carbocycles. The Morgan fingerprint density at radius 1 is 0.929 bits per heavy atom. The summed E-state index contributed by atoms with van der Waals surface area (Å²) in [7, 11) is 0. The Labute approximate surface area is 81.8 Å². The number of nitrogens with zero attached hydrogens (tertiary/aromatic N) is 1. The Bertz CT molecular complexity index is 546. The Hall–Kier alpha value is -1.96. The van der Waals surface area contributed by atoms with E-state index < -0.39 is 0 Å². The second-order valence-corrected chi connectivity index (χ2v) is 3.31. The Morgan fingerprint density at radius 2 is 1.71 bits per heavy atom. The van der Waals surface area contributed by atoms with Crippen LogP contribution in [-0.4, -0.2) is 9.55 Å². The second-order valence-electron chi connectivity index (χ2n) is 3.31. The largest absolute Gasteiger partial charge is 0.347 e. The monoisotopic (exact) mass is 182 g/mol. The van der Waals surface area contributed by atoms with E-state index in [1.54, 1.807) is 0 Å². The van der Waals surface area contributed by atoms with Gasteiger partial charge in [0, 0.05) is 29.4 Å². The van der Waals surface area contributed by atoms with Crippen LogP contribution in [-0.2, 0) is 0 Å². The van der Waals surface area contributed by atoms with Gasteiger partial charge in [0.2, 0.25) is 0 Å². The second kappa shape index (κ2) is 2.77. The standard InChI is InChI=1S/C12H10N2/c1-2-6-11-10(5-1)9-13-12(11)14-7-3-4-8-14/h1-9,13H. The fraction of sp³-hybridized carbons (Fsp3) is 0. The maximum atomic E-state index is 3.28. The third kappa shape index (κ3) is 0.973. The first-order chi connectivity index (χ1) is 6.95. The van der Waals surface area contributed by atoms with Gasteiger partial charge in [-0.2, -0.15) is 0 Å². The molecule has 0 atom stereocenters. The fourth-order valence-corrected chi connectivity index (χ4v) is 1.76. The zero-order valence-electron chi connectivity index (χ0n) is 7.64. The lowest BCUT2D eigenvalue weighted by atomic mass is 10.2. The molecule has 3 aromatic rings. The maximum absolute atomic E-state index is 3.28. The lowest BCUT2D eigenvalue weighted by Crippen LogP contribution is -1.89. The highest BCUT2D eigenvalue weighted by Crippen LogP contribution is 2.20. The normalized spacial score (nSPS) is 10.9.